The van der Waals surface area contributed by atoms with Crippen molar-refractivity contribution < 1.29 is 17.6 Å². The number of halogens is 2. The van der Waals surface area contributed by atoms with Crippen LogP contribution in [0.2, 0.25) is 0 Å². The molecular formula is C26H23FIN5O6S. The predicted octanol–water partition coefficient (Wildman–Crippen LogP) is 2.04. The van der Waals surface area contributed by atoms with E-state index in [2.05, 4.69) is 10.3 Å². The Hall–Kier alpha value is -3.79. The van der Waals surface area contributed by atoms with Crippen LogP contribution in [0.15, 0.2) is 56.8 Å². The summed E-state index contributed by atoms with van der Waals surface area (Å²) in [5.74, 6) is -1.32. The summed E-state index contributed by atoms with van der Waals surface area (Å²) in [6.45, 7) is 1.57. The largest absolute Gasteiger partial charge is 0.338 e. The first-order valence-electron chi connectivity index (χ1n) is 12.1. The quantitative estimate of drug-likeness (QED) is 0.315. The summed E-state index contributed by atoms with van der Waals surface area (Å²) in [5.41, 5.74) is -1.64. The number of anilines is 2. The number of hydrogen-bond acceptors (Lipinski definition) is 7. The van der Waals surface area contributed by atoms with Gasteiger partial charge in [-0.25, -0.2) is 17.6 Å². The zero-order chi connectivity index (χ0) is 28.9. The first-order chi connectivity index (χ1) is 18.9. The van der Waals surface area contributed by atoms with Crippen LogP contribution in [0.25, 0.3) is 16.6 Å². The molecule has 1 aliphatic heterocycles. The molecule has 3 heterocycles. The number of H-pyrrole nitrogens is 1. The van der Waals surface area contributed by atoms with E-state index in [-0.39, 0.29) is 63.8 Å². The van der Waals surface area contributed by atoms with Crippen molar-refractivity contribution in [1.82, 2.24) is 19.0 Å². The van der Waals surface area contributed by atoms with Gasteiger partial charge in [0, 0.05) is 34.8 Å². The van der Waals surface area contributed by atoms with E-state index < -0.39 is 38.4 Å². The molecule has 2 N–H and O–H groups in total. The monoisotopic (exact) mass is 679 g/mol. The van der Waals surface area contributed by atoms with Gasteiger partial charge in [0.1, 0.15) is 17.0 Å². The molecule has 2 aromatic heterocycles. The van der Waals surface area contributed by atoms with Crippen molar-refractivity contribution in [2.24, 2.45) is 7.05 Å². The van der Waals surface area contributed by atoms with E-state index in [1.807, 2.05) is 22.6 Å². The van der Waals surface area contributed by atoms with Crippen LogP contribution in [0.3, 0.4) is 0 Å². The van der Waals surface area contributed by atoms with Crippen molar-refractivity contribution in [3.05, 3.63) is 94.2 Å². The van der Waals surface area contributed by atoms with Gasteiger partial charge in [-0.15, -0.1) is 0 Å². The summed E-state index contributed by atoms with van der Waals surface area (Å²) < 4.78 is 41.2. The number of nitrogens with zero attached hydrogens (tertiary/aromatic N) is 3. The molecular weight excluding hydrogens is 656 g/mol. The molecule has 0 unspecified atom stereocenters. The molecule has 1 amide bonds. The average molecular weight is 679 g/mol. The van der Waals surface area contributed by atoms with Crippen molar-refractivity contribution in [3.63, 3.8) is 0 Å². The van der Waals surface area contributed by atoms with E-state index in [0.29, 0.717) is 3.57 Å². The van der Waals surface area contributed by atoms with Crippen LogP contribution >= 0.6 is 22.6 Å². The maximum Gasteiger partial charge on any atom is 0.333 e. The third-order valence-electron chi connectivity index (χ3n) is 6.83. The fourth-order valence-corrected chi connectivity index (χ4v) is 6.38. The number of pyridine rings is 1. The van der Waals surface area contributed by atoms with Gasteiger partial charge in [-0.05, 0) is 65.9 Å². The highest BCUT2D eigenvalue weighted by Gasteiger charge is 2.26. The van der Waals surface area contributed by atoms with Gasteiger partial charge < -0.3 is 10.2 Å². The molecule has 0 atom stereocenters. The highest BCUT2D eigenvalue weighted by atomic mass is 127. The number of sulfone groups is 1. The van der Waals surface area contributed by atoms with Crippen LogP contribution < -0.4 is 22.1 Å². The van der Waals surface area contributed by atoms with Crippen molar-refractivity contribution in [3.8, 4) is 5.69 Å². The second-order valence-corrected chi connectivity index (χ2v) is 12.9. The Morgan fingerprint density at radius 3 is 2.45 bits per heavy atom. The summed E-state index contributed by atoms with van der Waals surface area (Å²) in [6, 6.07) is 10.5. The first kappa shape index (κ1) is 27.8. The Morgan fingerprint density at radius 1 is 1.07 bits per heavy atom. The van der Waals surface area contributed by atoms with E-state index in [1.54, 1.807) is 18.2 Å². The molecule has 0 radical (unpaired) electrons. The van der Waals surface area contributed by atoms with Crippen LogP contribution in [0.5, 0.6) is 0 Å². The minimum Gasteiger partial charge on any atom is -0.338 e. The molecule has 208 valence electrons. The SMILES string of the molecule is Cc1c(=O)n(C)c(Nc2ccc(I)cc2F)c2c(=O)[nH]c(=O)n(-c3cccc(C(=O)N4CCS(=O)(=O)CC4)c3)c12. The van der Waals surface area contributed by atoms with Gasteiger partial charge in [0.2, 0.25) is 0 Å². The Balaban J connectivity index is 1.70. The number of amides is 1. The van der Waals surface area contributed by atoms with Crippen LogP contribution in [0, 0.1) is 16.3 Å². The summed E-state index contributed by atoms with van der Waals surface area (Å²) in [7, 11) is -1.77. The molecule has 0 bridgehead atoms. The van der Waals surface area contributed by atoms with Gasteiger partial charge in [-0.2, -0.15) is 0 Å². The number of aromatic nitrogens is 3. The lowest BCUT2D eigenvalue weighted by Gasteiger charge is -2.27. The number of carbonyl (C=O) groups is 1. The second kappa shape index (κ2) is 10.3. The summed E-state index contributed by atoms with van der Waals surface area (Å²) >= 11 is 1.96. The Labute approximate surface area is 240 Å². The van der Waals surface area contributed by atoms with Crippen LogP contribution in [-0.4, -0.2) is 57.9 Å². The maximum atomic E-state index is 14.7. The summed E-state index contributed by atoms with van der Waals surface area (Å²) in [6.07, 6.45) is 0. The van der Waals surface area contributed by atoms with Crippen molar-refractivity contribution in [2.45, 2.75) is 6.92 Å². The molecule has 0 saturated carbocycles. The number of rotatable bonds is 4. The molecule has 14 heteroatoms. The second-order valence-electron chi connectivity index (χ2n) is 9.40. The van der Waals surface area contributed by atoms with Crippen molar-refractivity contribution in [2.75, 3.05) is 29.9 Å². The minimum absolute atomic E-state index is 0.000986. The average Bonchev–Trinajstić information content (AvgIpc) is 2.90. The highest BCUT2D eigenvalue weighted by molar-refractivity contribution is 14.1. The molecule has 40 heavy (non-hydrogen) atoms. The standard InChI is InChI=1S/C26H23FIN5O6S/c1-14-21-20(22(31(2)24(14)35)29-19-7-6-16(28)13-18(19)27)23(34)30-26(37)33(21)17-5-3-4-15(12-17)25(36)32-8-10-40(38,39)11-9-32/h3-7,12-13,29H,8-11H2,1-2H3,(H,30,34,37). The summed E-state index contributed by atoms with van der Waals surface area (Å²) in [5, 5.41) is 2.78. The number of aromatic amines is 1. The van der Waals surface area contributed by atoms with Gasteiger partial charge in [0.15, 0.2) is 9.84 Å². The number of benzene rings is 2. The highest BCUT2D eigenvalue weighted by Crippen LogP contribution is 2.27. The Bertz CT molecular complexity index is 1990. The molecule has 1 saturated heterocycles. The molecule has 1 fully saturated rings. The Kier molecular flexibility index (Phi) is 7.16. The molecule has 5 rings (SSSR count). The normalized spacial score (nSPS) is 14.8. The van der Waals surface area contributed by atoms with Crippen LogP contribution in [0.1, 0.15) is 15.9 Å². The lowest BCUT2D eigenvalue weighted by molar-refractivity contribution is 0.0770. The van der Waals surface area contributed by atoms with E-state index in [9.17, 15) is 32.0 Å². The van der Waals surface area contributed by atoms with E-state index in [4.69, 9.17) is 0 Å². The third kappa shape index (κ3) is 4.96. The molecule has 11 nitrogen and oxygen atoms in total. The summed E-state index contributed by atoms with van der Waals surface area (Å²) in [4.78, 5) is 56.4. The van der Waals surface area contributed by atoms with Gasteiger partial charge in [0.25, 0.3) is 17.0 Å². The number of fused-ring (bicyclic) bond motifs is 1. The van der Waals surface area contributed by atoms with Crippen LogP contribution in [0.4, 0.5) is 15.9 Å². The predicted molar refractivity (Wildman–Crippen MR) is 157 cm³/mol. The fourth-order valence-electron chi connectivity index (χ4n) is 4.72. The first-order valence-corrected chi connectivity index (χ1v) is 15.0. The smallest absolute Gasteiger partial charge is 0.333 e. The lowest BCUT2D eigenvalue weighted by Crippen LogP contribution is -2.43. The molecule has 0 spiro atoms. The molecule has 4 aromatic rings. The van der Waals surface area contributed by atoms with Crippen LogP contribution in [-0.2, 0) is 16.9 Å². The maximum absolute atomic E-state index is 14.7. The number of carbonyl (C=O) groups excluding carboxylic acids is 1. The van der Waals surface area contributed by atoms with E-state index >= 15 is 0 Å². The van der Waals surface area contributed by atoms with Gasteiger partial charge in [-0.1, -0.05) is 6.07 Å². The fraction of sp³-hybridized carbons (Fsp3) is 0.231. The van der Waals surface area contributed by atoms with E-state index in [0.717, 1.165) is 4.57 Å². The number of hydrogen-bond donors (Lipinski definition) is 2. The third-order valence-corrected chi connectivity index (χ3v) is 9.11. The number of aryl methyl sites for hydroxylation is 1. The van der Waals surface area contributed by atoms with Gasteiger partial charge >= 0.3 is 5.69 Å². The minimum atomic E-state index is -3.20. The Morgan fingerprint density at radius 2 is 1.77 bits per heavy atom. The molecule has 2 aromatic carbocycles. The lowest BCUT2D eigenvalue weighted by atomic mass is 10.1. The van der Waals surface area contributed by atoms with E-state index in [1.165, 1.54) is 47.7 Å². The van der Waals surface area contributed by atoms with Crippen molar-refractivity contribution in [1.29, 1.82) is 0 Å². The zero-order valence-corrected chi connectivity index (χ0v) is 24.3. The topological polar surface area (TPSA) is 143 Å². The molecule has 1 aliphatic rings. The number of nitrogens with one attached hydrogen (secondary N) is 2. The van der Waals surface area contributed by atoms with Gasteiger partial charge in [0.05, 0.1) is 28.4 Å². The van der Waals surface area contributed by atoms with Crippen molar-refractivity contribution >= 4 is 60.7 Å². The van der Waals surface area contributed by atoms with Gasteiger partial charge in [-0.3, -0.25) is 28.5 Å². The molecule has 0 aliphatic carbocycles. The zero-order valence-electron chi connectivity index (χ0n) is 21.3.